The van der Waals surface area contributed by atoms with E-state index >= 15 is 0 Å². The molecule has 1 atom stereocenters. The summed E-state index contributed by atoms with van der Waals surface area (Å²) in [7, 11) is 5.32. The number of hydrogen-bond acceptors (Lipinski definition) is 5. The summed E-state index contributed by atoms with van der Waals surface area (Å²) in [6, 6.07) is 8.19. The Hall–Kier alpha value is -1.44. The van der Waals surface area contributed by atoms with Gasteiger partial charge in [-0.05, 0) is 37.3 Å². The number of para-hydroxylation sites is 1. The van der Waals surface area contributed by atoms with Gasteiger partial charge in [-0.1, -0.05) is 19.1 Å². The third kappa shape index (κ3) is 8.44. The Morgan fingerprint density at radius 1 is 1.24 bits per heavy atom. The van der Waals surface area contributed by atoms with Crippen molar-refractivity contribution in [2.75, 3.05) is 59.9 Å². The number of nitrogens with one attached hydrogen (secondary N) is 1. The molecule has 1 saturated heterocycles. The lowest BCUT2D eigenvalue weighted by Gasteiger charge is -2.34. The first-order chi connectivity index (χ1) is 14.2. The molecule has 1 N–H and O–H groups in total. The molecule has 0 saturated carbocycles. The number of guanidine groups is 1. The summed E-state index contributed by atoms with van der Waals surface area (Å²) in [5.74, 6) is 3.49. The van der Waals surface area contributed by atoms with E-state index in [9.17, 15) is 0 Å². The number of thioether (sulfide) groups is 1. The van der Waals surface area contributed by atoms with Gasteiger partial charge in [0, 0.05) is 57.7 Å². The summed E-state index contributed by atoms with van der Waals surface area (Å²) >= 11 is 1.84. The average Bonchev–Trinajstić information content (AvgIpc) is 2.76. The Balaban J connectivity index is 1.68. The zero-order valence-electron chi connectivity index (χ0n) is 18.4. The van der Waals surface area contributed by atoms with Crippen LogP contribution in [0.15, 0.2) is 34.2 Å². The standard InChI is InChI=1S/C22H37N3O3S/c1-18(17-29-21-9-6-5-8-20(21)27-4)16-24-22(23-2)25-12-10-19(11-13-25)28-15-7-14-26-3/h5-6,8-9,18-19H,7,10-17H2,1-4H3,(H,23,24). The van der Waals surface area contributed by atoms with Crippen molar-refractivity contribution in [3.63, 3.8) is 0 Å². The van der Waals surface area contributed by atoms with Crippen molar-refractivity contribution in [2.45, 2.75) is 37.2 Å². The Bertz CT molecular complexity index is 607. The number of aliphatic imine (C=N–C) groups is 1. The van der Waals surface area contributed by atoms with E-state index in [1.807, 2.05) is 30.9 Å². The van der Waals surface area contributed by atoms with Crippen LogP contribution in [0.25, 0.3) is 0 Å². The maximum absolute atomic E-state index is 5.96. The van der Waals surface area contributed by atoms with Crippen LogP contribution in [0.5, 0.6) is 5.75 Å². The number of rotatable bonds is 11. The average molecular weight is 424 g/mol. The number of hydrogen-bond donors (Lipinski definition) is 1. The zero-order valence-corrected chi connectivity index (χ0v) is 19.2. The molecule has 0 radical (unpaired) electrons. The number of benzene rings is 1. The van der Waals surface area contributed by atoms with E-state index in [4.69, 9.17) is 14.2 Å². The van der Waals surface area contributed by atoms with E-state index < -0.39 is 0 Å². The van der Waals surface area contributed by atoms with Crippen LogP contribution in [0.4, 0.5) is 0 Å². The van der Waals surface area contributed by atoms with Crippen LogP contribution in [0.3, 0.4) is 0 Å². The molecule has 0 spiro atoms. The first-order valence-electron chi connectivity index (χ1n) is 10.5. The highest BCUT2D eigenvalue weighted by atomic mass is 32.2. The molecule has 0 aromatic heterocycles. The molecule has 1 unspecified atom stereocenters. The molecular formula is C22H37N3O3S. The van der Waals surface area contributed by atoms with Crippen LogP contribution in [-0.2, 0) is 9.47 Å². The number of likely N-dealkylation sites (tertiary alicyclic amines) is 1. The SMILES string of the molecule is CN=C(NCC(C)CSc1ccccc1OC)N1CCC(OCCCOC)CC1. The van der Waals surface area contributed by atoms with Gasteiger partial charge in [0.25, 0.3) is 0 Å². The normalized spacial score (nSPS) is 16.7. The van der Waals surface area contributed by atoms with Gasteiger partial charge in [-0.2, -0.15) is 0 Å². The van der Waals surface area contributed by atoms with Gasteiger partial charge in [0.1, 0.15) is 5.75 Å². The summed E-state index contributed by atoms with van der Waals surface area (Å²) in [5, 5.41) is 3.55. The summed E-state index contributed by atoms with van der Waals surface area (Å²) < 4.78 is 16.5. The van der Waals surface area contributed by atoms with E-state index in [1.54, 1.807) is 14.2 Å². The molecule has 164 valence electrons. The van der Waals surface area contributed by atoms with Crippen molar-refractivity contribution in [3.8, 4) is 5.75 Å². The first-order valence-corrected chi connectivity index (χ1v) is 11.5. The third-order valence-corrected chi connectivity index (χ3v) is 6.38. The molecule has 1 fully saturated rings. The second kappa shape index (κ2) is 13.7. The Morgan fingerprint density at radius 2 is 2.00 bits per heavy atom. The van der Waals surface area contributed by atoms with Crippen LogP contribution in [0, 0.1) is 5.92 Å². The fraction of sp³-hybridized carbons (Fsp3) is 0.682. The molecule has 1 aliphatic rings. The fourth-order valence-corrected chi connectivity index (χ4v) is 4.36. The number of piperidine rings is 1. The smallest absolute Gasteiger partial charge is 0.193 e. The highest BCUT2D eigenvalue weighted by Gasteiger charge is 2.22. The molecule has 1 aromatic carbocycles. The maximum Gasteiger partial charge on any atom is 0.193 e. The van der Waals surface area contributed by atoms with E-state index in [-0.39, 0.29) is 0 Å². The van der Waals surface area contributed by atoms with Crippen LogP contribution < -0.4 is 10.1 Å². The molecule has 2 rings (SSSR count). The minimum absolute atomic E-state index is 0.359. The van der Waals surface area contributed by atoms with Gasteiger partial charge < -0.3 is 24.4 Å². The van der Waals surface area contributed by atoms with Gasteiger partial charge in [0.2, 0.25) is 0 Å². The van der Waals surface area contributed by atoms with E-state index in [2.05, 4.69) is 34.3 Å². The molecule has 0 bridgehead atoms. The van der Waals surface area contributed by atoms with Crippen molar-refractivity contribution < 1.29 is 14.2 Å². The largest absolute Gasteiger partial charge is 0.496 e. The lowest BCUT2D eigenvalue weighted by atomic mass is 10.1. The van der Waals surface area contributed by atoms with Crippen molar-refractivity contribution in [3.05, 3.63) is 24.3 Å². The highest BCUT2D eigenvalue weighted by molar-refractivity contribution is 7.99. The molecule has 0 amide bonds. The van der Waals surface area contributed by atoms with Crippen molar-refractivity contribution in [2.24, 2.45) is 10.9 Å². The van der Waals surface area contributed by atoms with Gasteiger partial charge in [-0.15, -0.1) is 11.8 Å². The van der Waals surface area contributed by atoms with Gasteiger partial charge in [-0.3, -0.25) is 4.99 Å². The third-order valence-electron chi connectivity index (χ3n) is 5.00. The summed E-state index contributed by atoms with van der Waals surface area (Å²) in [6.45, 7) is 6.69. The molecular weight excluding hydrogens is 386 g/mol. The van der Waals surface area contributed by atoms with Gasteiger partial charge >= 0.3 is 0 Å². The second-order valence-electron chi connectivity index (χ2n) is 7.40. The van der Waals surface area contributed by atoms with Crippen molar-refractivity contribution in [1.82, 2.24) is 10.2 Å². The van der Waals surface area contributed by atoms with E-state index in [1.165, 1.54) is 4.90 Å². The highest BCUT2D eigenvalue weighted by Crippen LogP contribution is 2.29. The van der Waals surface area contributed by atoms with Crippen LogP contribution in [0.1, 0.15) is 26.2 Å². The van der Waals surface area contributed by atoms with Crippen molar-refractivity contribution in [1.29, 1.82) is 0 Å². The molecule has 1 heterocycles. The minimum atomic E-state index is 0.359. The van der Waals surface area contributed by atoms with E-state index in [0.29, 0.717) is 12.0 Å². The fourth-order valence-electron chi connectivity index (χ4n) is 3.31. The van der Waals surface area contributed by atoms with Gasteiger partial charge in [0.15, 0.2) is 5.96 Å². The maximum atomic E-state index is 5.96. The topological polar surface area (TPSA) is 55.3 Å². The van der Waals surface area contributed by atoms with E-state index in [0.717, 1.165) is 69.6 Å². The van der Waals surface area contributed by atoms with Gasteiger partial charge in [0.05, 0.1) is 13.2 Å². The number of methoxy groups -OCH3 is 2. The van der Waals surface area contributed by atoms with Gasteiger partial charge in [-0.25, -0.2) is 0 Å². The lowest BCUT2D eigenvalue weighted by Crippen LogP contribution is -2.48. The number of nitrogens with zero attached hydrogens (tertiary/aromatic N) is 2. The quantitative estimate of drug-likeness (QED) is 0.254. The Kier molecular flexibility index (Phi) is 11.3. The van der Waals surface area contributed by atoms with Crippen LogP contribution >= 0.6 is 11.8 Å². The number of ether oxygens (including phenoxy) is 3. The first kappa shape index (κ1) is 23.8. The van der Waals surface area contributed by atoms with Crippen LogP contribution in [0.2, 0.25) is 0 Å². The molecule has 1 aromatic rings. The molecule has 6 nitrogen and oxygen atoms in total. The minimum Gasteiger partial charge on any atom is -0.496 e. The molecule has 0 aliphatic carbocycles. The monoisotopic (exact) mass is 423 g/mol. The summed E-state index contributed by atoms with van der Waals surface area (Å²) in [4.78, 5) is 8.02. The Labute approximate surface area is 180 Å². The summed E-state index contributed by atoms with van der Waals surface area (Å²) in [6.07, 6.45) is 3.42. The molecule has 1 aliphatic heterocycles. The molecule has 7 heteroatoms. The van der Waals surface area contributed by atoms with Crippen LogP contribution in [-0.4, -0.2) is 76.8 Å². The predicted octanol–water partition coefficient (Wildman–Crippen LogP) is 3.52. The van der Waals surface area contributed by atoms with Crippen molar-refractivity contribution >= 4 is 17.7 Å². The predicted molar refractivity (Wildman–Crippen MR) is 121 cm³/mol. The summed E-state index contributed by atoms with van der Waals surface area (Å²) in [5.41, 5.74) is 0. The Morgan fingerprint density at radius 3 is 2.69 bits per heavy atom. The lowest BCUT2D eigenvalue weighted by molar-refractivity contribution is 0.00989. The molecule has 29 heavy (non-hydrogen) atoms. The second-order valence-corrected chi connectivity index (χ2v) is 8.46. The zero-order chi connectivity index (χ0) is 20.9.